The first kappa shape index (κ1) is 42.8. The summed E-state index contributed by atoms with van der Waals surface area (Å²) in [4.78, 5) is 5.08. The first-order valence-electron chi connectivity index (χ1n) is 23.4. The first-order valence-corrected chi connectivity index (χ1v) is 24.3. The molecule has 3 aliphatic rings. The Morgan fingerprint density at radius 1 is 0.562 bits per heavy atom. The summed E-state index contributed by atoms with van der Waals surface area (Å²) >= 11 is 1.99. The molecule has 7 aromatic rings. The molecular weight excluding hydrogens is 799 g/mol. The maximum Gasteiger partial charge on any atom is 0.264 e. The SMILES string of the molecule is Cc1cc2c3c(c1)N(c1ccc(C(C)(C)C)cc1)c1c(sc4cc5c(cc14)C(C)(C)CCC5(C)C)B3c1cc(C(C)(C)C)ccc1N2c1ccc(C(C)(C)C)cc1-c1ccccc1F. The van der Waals surface area contributed by atoms with Gasteiger partial charge in [-0.2, -0.15) is 0 Å². The van der Waals surface area contributed by atoms with E-state index in [0.29, 0.717) is 5.56 Å². The third kappa shape index (κ3) is 6.69. The van der Waals surface area contributed by atoms with Crippen molar-refractivity contribution in [1.29, 1.82) is 0 Å². The van der Waals surface area contributed by atoms with E-state index in [-0.39, 0.29) is 39.6 Å². The van der Waals surface area contributed by atoms with Crippen LogP contribution >= 0.6 is 11.3 Å². The summed E-state index contributed by atoms with van der Waals surface area (Å²) in [5.41, 5.74) is 19.0. The molecule has 0 saturated carbocycles. The van der Waals surface area contributed by atoms with Crippen molar-refractivity contribution < 1.29 is 4.39 Å². The van der Waals surface area contributed by atoms with Gasteiger partial charge in [0.25, 0.3) is 6.71 Å². The molecule has 0 saturated heterocycles. The van der Waals surface area contributed by atoms with Crippen LogP contribution in [0.15, 0.2) is 109 Å². The maximum atomic E-state index is 16.3. The minimum Gasteiger partial charge on any atom is -0.311 e. The van der Waals surface area contributed by atoms with E-state index in [9.17, 15) is 0 Å². The van der Waals surface area contributed by atoms with Gasteiger partial charge < -0.3 is 9.80 Å². The summed E-state index contributed by atoms with van der Waals surface area (Å²) in [6.45, 7) is 32.6. The topological polar surface area (TPSA) is 6.48 Å². The lowest BCUT2D eigenvalue weighted by molar-refractivity contribution is 0.332. The third-order valence-corrected chi connectivity index (χ3v) is 16.1. The van der Waals surface area contributed by atoms with Crippen molar-refractivity contribution in [3.63, 3.8) is 0 Å². The van der Waals surface area contributed by atoms with Gasteiger partial charge >= 0.3 is 0 Å². The van der Waals surface area contributed by atoms with Gasteiger partial charge in [0.1, 0.15) is 5.82 Å². The van der Waals surface area contributed by atoms with E-state index in [1.165, 1.54) is 89.1 Å². The van der Waals surface area contributed by atoms with E-state index >= 15 is 4.39 Å². The summed E-state index contributed by atoms with van der Waals surface area (Å²) in [7, 11) is 0. The lowest BCUT2D eigenvalue weighted by Gasteiger charge is -2.44. The molecule has 1 aromatic heterocycles. The van der Waals surface area contributed by atoms with E-state index in [1.54, 1.807) is 12.1 Å². The lowest BCUT2D eigenvalue weighted by atomic mass is 9.36. The molecule has 6 aromatic carbocycles. The number of rotatable bonds is 3. The molecule has 0 spiro atoms. The summed E-state index contributed by atoms with van der Waals surface area (Å²) in [5, 5.41) is 1.34. The highest BCUT2D eigenvalue weighted by atomic mass is 32.1. The molecule has 0 unspecified atom stereocenters. The number of halogens is 1. The van der Waals surface area contributed by atoms with Crippen LogP contribution in [-0.2, 0) is 27.1 Å². The highest BCUT2D eigenvalue weighted by Crippen LogP contribution is 2.53. The van der Waals surface area contributed by atoms with Crippen molar-refractivity contribution in [2.45, 2.75) is 137 Å². The molecule has 0 bridgehead atoms. The predicted octanol–water partition coefficient (Wildman–Crippen LogP) is 15.3. The summed E-state index contributed by atoms with van der Waals surface area (Å²) in [6, 6.07) is 40.6. The zero-order valence-corrected chi connectivity index (χ0v) is 41.4. The van der Waals surface area contributed by atoms with Crippen molar-refractivity contribution in [1.82, 2.24) is 0 Å². The van der Waals surface area contributed by atoms with Crippen LogP contribution < -0.4 is 25.5 Å². The molecule has 0 atom stereocenters. The van der Waals surface area contributed by atoms with Gasteiger partial charge in [-0.1, -0.05) is 139 Å². The van der Waals surface area contributed by atoms with Crippen molar-refractivity contribution in [2.24, 2.45) is 0 Å². The van der Waals surface area contributed by atoms with Crippen LogP contribution in [0.5, 0.6) is 0 Å². The Balaban J connectivity index is 1.34. The van der Waals surface area contributed by atoms with Crippen LogP contribution in [0.1, 0.15) is 136 Å². The van der Waals surface area contributed by atoms with Gasteiger partial charge in [0.15, 0.2) is 0 Å². The first-order chi connectivity index (χ1) is 29.9. The number of nitrogens with zero attached hydrogens (tertiary/aromatic N) is 2. The van der Waals surface area contributed by atoms with E-state index in [4.69, 9.17) is 0 Å². The lowest BCUT2D eigenvalue weighted by Crippen LogP contribution is -2.60. The van der Waals surface area contributed by atoms with Gasteiger partial charge in [-0.3, -0.25) is 0 Å². The van der Waals surface area contributed by atoms with Gasteiger partial charge in [-0.15, -0.1) is 11.3 Å². The molecule has 0 fully saturated rings. The summed E-state index contributed by atoms with van der Waals surface area (Å²) in [5.74, 6) is -0.215. The second-order valence-corrected chi connectivity index (χ2v) is 24.7. The Kier molecular flexibility index (Phi) is 9.49. The molecule has 10 rings (SSSR count). The second-order valence-electron chi connectivity index (χ2n) is 23.6. The molecule has 0 radical (unpaired) electrons. The van der Waals surface area contributed by atoms with Crippen LogP contribution in [0.2, 0.25) is 0 Å². The van der Waals surface area contributed by atoms with E-state index in [0.717, 1.165) is 22.6 Å². The number of aryl methyl sites for hydroxylation is 1. The molecule has 3 heterocycles. The van der Waals surface area contributed by atoms with Crippen molar-refractivity contribution in [3.8, 4) is 11.1 Å². The fourth-order valence-corrected chi connectivity index (χ4v) is 12.2. The fraction of sp³-hybridized carbons (Fsp3) is 0.356. The average molecular weight is 863 g/mol. The normalized spacial score (nSPS) is 16.4. The number of thiophene rings is 1. The van der Waals surface area contributed by atoms with Crippen LogP contribution in [0.4, 0.5) is 38.5 Å². The van der Waals surface area contributed by atoms with Gasteiger partial charge in [0.2, 0.25) is 0 Å². The Hall–Kier alpha value is -5.13. The van der Waals surface area contributed by atoms with Gasteiger partial charge in [-0.25, -0.2) is 4.39 Å². The number of hydrogen-bond acceptors (Lipinski definition) is 3. The van der Waals surface area contributed by atoms with E-state index < -0.39 is 0 Å². The summed E-state index contributed by atoms with van der Waals surface area (Å²) in [6.07, 6.45) is 2.35. The molecule has 2 nitrogen and oxygen atoms in total. The zero-order valence-electron chi connectivity index (χ0n) is 40.6. The largest absolute Gasteiger partial charge is 0.311 e. The number of anilines is 6. The second kappa shape index (κ2) is 14.2. The molecule has 0 amide bonds. The smallest absolute Gasteiger partial charge is 0.264 e. The molecule has 5 heteroatoms. The predicted molar refractivity (Wildman–Crippen MR) is 277 cm³/mol. The van der Waals surface area contributed by atoms with Gasteiger partial charge in [-0.05, 0) is 152 Å². The van der Waals surface area contributed by atoms with E-state index in [2.05, 4.69) is 192 Å². The van der Waals surface area contributed by atoms with Gasteiger partial charge in [0.05, 0.1) is 11.4 Å². The highest BCUT2D eigenvalue weighted by molar-refractivity contribution is 7.33. The molecule has 2 aliphatic heterocycles. The quantitative estimate of drug-likeness (QED) is 0.163. The summed E-state index contributed by atoms with van der Waals surface area (Å²) < 4.78 is 19.0. The number of hydrogen-bond donors (Lipinski definition) is 0. The fourth-order valence-electron chi connectivity index (χ4n) is 10.9. The van der Waals surface area contributed by atoms with Crippen LogP contribution in [-0.4, -0.2) is 6.71 Å². The van der Waals surface area contributed by atoms with Crippen molar-refractivity contribution >= 4 is 78.0 Å². The minimum atomic E-state index is -0.215. The Bertz CT molecular complexity index is 3040. The zero-order chi connectivity index (χ0) is 45.6. The van der Waals surface area contributed by atoms with Gasteiger partial charge in [0, 0.05) is 48.7 Å². The number of fused-ring (bicyclic) bond motifs is 7. The highest BCUT2D eigenvalue weighted by Gasteiger charge is 2.47. The molecule has 1 aliphatic carbocycles. The Morgan fingerprint density at radius 3 is 1.72 bits per heavy atom. The molecular formula is C59H64BFN2S. The minimum absolute atomic E-state index is 0.0135. The average Bonchev–Trinajstić information content (AvgIpc) is 3.59. The van der Waals surface area contributed by atoms with Crippen LogP contribution in [0.25, 0.3) is 21.2 Å². The molecule has 326 valence electrons. The monoisotopic (exact) mass is 862 g/mol. The van der Waals surface area contributed by atoms with Crippen molar-refractivity contribution in [2.75, 3.05) is 9.80 Å². The maximum absolute atomic E-state index is 16.3. The third-order valence-electron chi connectivity index (χ3n) is 14.9. The molecule has 64 heavy (non-hydrogen) atoms. The Morgan fingerprint density at radius 2 is 1.11 bits per heavy atom. The van der Waals surface area contributed by atoms with Crippen LogP contribution in [0.3, 0.4) is 0 Å². The Labute approximate surface area is 386 Å². The standard InChI is InChI=1S/C59H64BFN2S/c1-35-29-49-52-50(30-35)63(47-25-21-37(56(5,6)7)31-41(47)40-17-15-16-18-46(40)61)48-26-22-38(57(8,9)10)32-45(48)60(52)54-53(62(49)39-23-19-36(20-24-39)55(2,3)4)42-33-43-44(34-51(42)64-54)59(13,14)28-27-58(43,11)12/h15-26,29-34H,27-28H2,1-14H3. The molecule has 0 N–H and O–H groups in total. The van der Waals surface area contributed by atoms with E-state index in [1.807, 2.05) is 23.5 Å². The number of benzene rings is 6. The van der Waals surface area contributed by atoms with Crippen molar-refractivity contribution in [3.05, 3.63) is 148 Å². The van der Waals surface area contributed by atoms with Crippen LogP contribution in [0, 0.1) is 12.7 Å².